The lowest BCUT2D eigenvalue weighted by atomic mass is 10.2. The molecule has 1 unspecified atom stereocenters. The maximum Gasteiger partial charge on any atom is 0.272 e. The number of carbonyl (C=O) groups excluding carboxylic acids is 1. The quantitative estimate of drug-likeness (QED) is 0.838. The molecule has 132 valence electrons. The molecule has 1 aliphatic heterocycles. The molecule has 1 atom stereocenters. The fourth-order valence-electron chi connectivity index (χ4n) is 2.81. The Kier molecular flexibility index (Phi) is 5.95. The van der Waals surface area contributed by atoms with Gasteiger partial charge in [-0.05, 0) is 49.1 Å². The third-order valence-corrected chi connectivity index (χ3v) is 4.37. The van der Waals surface area contributed by atoms with Crippen molar-refractivity contribution in [2.24, 2.45) is 0 Å². The summed E-state index contributed by atoms with van der Waals surface area (Å²) in [6.07, 6.45) is 8.54. The van der Waals surface area contributed by atoms with Crippen molar-refractivity contribution in [2.45, 2.75) is 25.4 Å². The monoisotopic (exact) mass is 340 g/mol. The van der Waals surface area contributed by atoms with E-state index < -0.39 is 0 Å². The first-order valence-electron chi connectivity index (χ1n) is 8.68. The molecule has 2 aromatic heterocycles. The highest BCUT2D eigenvalue weighted by Gasteiger charge is 2.16. The second kappa shape index (κ2) is 8.58. The van der Waals surface area contributed by atoms with Gasteiger partial charge < -0.3 is 15.0 Å². The topological polar surface area (TPSA) is 67.4 Å². The Labute approximate surface area is 148 Å². The molecule has 0 aromatic carbocycles. The molecule has 6 nitrogen and oxygen atoms in total. The largest absolute Gasteiger partial charge is 0.381 e. The van der Waals surface area contributed by atoms with E-state index in [2.05, 4.69) is 15.3 Å². The standard InChI is InChI=1S/C19H24N4O2/c1-23(11-8-15-6-9-20-10-7-15)19(24)18-5-4-16(13-22-18)21-14-17-3-2-12-25-17/h4-7,9-10,13,17,21H,2-3,8,11-12,14H2,1H3. The molecular weight excluding hydrogens is 316 g/mol. The van der Waals surface area contributed by atoms with Gasteiger partial charge in [0.05, 0.1) is 18.0 Å². The summed E-state index contributed by atoms with van der Waals surface area (Å²) >= 11 is 0. The Morgan fingerprint density at radius 1 is 1.32 bits per heavy atom. The molecule has 3 rings (SSSR count). The minimum absolute atomic E-state index is 0.0697. The predicted octanol–water partition coefficient (Wildman–Crippen LogP) is 2.38. The zero-order valence-electron chi connectivity index (χ0n) is 14.5. The molecule has 0 radical (unpaired) electrons. The number of rotatable bonds is 7. The third-order valence-electron chi connectivity index (χ3n) is 4.37. The summed E-state index contributed by atoms with van der Waals surface area (Å²) in [7, 11) is 1.80. The lowest BCUT2D eigenvalue weighted by Crippen LogP contribution is -2.29. The number of nitrogens with one attached hydrogen (secondary N) is 1. The average Bonchev–Trinajstić information content (AvgIpc) is 3.19. The van der Waals surface area contributed by atoms with E-state index in [4.69, 9.17) is 4.74 Å². The second-order valence-electron chi connectivity index (χ2n) is 6.28. The highest BCUT2D eigenvalue weighted by Crippen LogP contribution is 2.14. The summed E-state index contributed by atoms with van der Waals surface area (Å²) in [5.74, 6) is -0.0697. The molecule has 1 N–H and O–H groups in total. The van der Waals surface area contributed by atoms with Gasteiger partial charge in [0.2, 0.25) is 0 Å². The summed E-state index contributed by atoms with van der Waals surface area (Å²) in [6, 6.07) is 7.59. The summed E-state index contributed by atoms with van der Waals surface area (Å²) in [6.45, 7) is 2.27. The van der Waals surface area contributed by atoms with Gasteiger partial charge in [0.15, 0.2) is 0 Å². The first kappa shape index (κ1) is 17.4. The van der Waals surface area contributed by atoms with E-state index in [1.807, 2.05) is 18.2 Å². The number of carbonyl (C=O) groups is 1. The van der Waals surface area contributed by atoms with Gasteiger partial charge in [0.1, 0.15) is 5.69 Å². The first-order valence-corrected chi connectivity index (χ1v) is 8.68. The maximum atomic E-state index is 12.5. The van der Waals surface area contributed by atoms with Gasteiger partial charge in [-0.3, -0.25) is 9.78 Å². The Bertz CT molecular complexity index is 670. The Morgan fingerprint density at radius 2 is 2.16 bits per heavy atom. The minimum atomic E-state index is -0.0697. The lowest BCUT2D eigenvalue weighted by Gasteiger charge is -2.17. The van der Waals surface area contributed by atoms with Crippen molar-refractivity contribution < 1.29 is 9.53 Å². The van der Waals surface area contributed by atoms with Crippen LogP contribution in [0.15, 0.2) is 42.9 Å². The fraction of sp³-hybridized carbons (Fsp3) is 0.421. The number of amides is 1. The molecule has 0 bridgehead atoms. The van der Waals surface area contributed by atoms with Crippen molar-refractivity contribution in [1.29, 1.82) is 0 Å². The molecule has 25 heavy (non-hydrogen) atoms. The van der Waals surface area contributed by atoms with E-state index in [0.29, 0.717) is 12.2 Å². The second-order valence-corrected chi connectivity index (χ2v) is 6.28. The number of anilines is 1. The van der Waals surface area contributed by atoms with Crippen LogP contribution in [0.3, 0.4) is 0 Å². The van der Waals surface area contributed by atoms with Crippen LogP contribution in [-0.4, -0.2) is 53.6 Å². The summed E-state index contributed by atoms with van der Waals surface area (Å²) < 4.78 is 5.58. The van der Waals surface area contributed by atoms with Gasteiger partial charge in [-0.25, -0.2) is 4.98 Å². The minimum Gasteiger partial charge on any atom is -0.381 e. The van der Waals surface area contributed by atoms with Crippen LogP contribution in [0.2, 0.25) is 0 Å². The van der Waals surface area contributed by atoms with Crippen LogP contribution in [-0.2, 0) is 11.2 Å². The molecule has 3 heterocycles. The van der Waals surface area contributed by atoms with E-state index in [-0.39, 0.29) is 12.0 Å². The van der Waals surface area contributed by atoms with Gasteiger partial charge in [0, 0.05) is 39.1 Å². The molecule has 2 aromatic rings. The Morgan fingerprint density at radius 3 is 2.84 bits per heavy atom. The number of hydrogen-bond donors (Lipinski definition) is 1. The Balaban J connectivity index is 1.49. The highest BCUT2D eigenvalue weighted by molar-refractivity contribution is 5.92. The van der Waals surface area contributed by atoms with Crippen LogP contribution in [0.25, 0.3) is 0 Å². The predicted molar refractivity (Wildman–Crippen MR) is 96.6 cm³/mol. The molecule has 1 saturated heterocycles. The lowest BCUT2D eigenvalue weighted by molar-refractivity contribution is 0.0791. The zero-order valence-corrected chi connectivity index (χ0v) is 14.5. The fourth-order valence-corrected chi connectivity index (χ4v) is 2.81. The van der Waals surface area contributed by atoms with Gasteiger partial charge in [-0.1, -0.05) is 0 Å². The molecule has 0 spiro atoms. The number of hydrogen-bond acceptors (Lipinski definition) is 5. The van der Waals surface area contributed by atoms with E-state index >= 15 is 0 Å². The van der Waals surface area contributed by atoms with Gasteiger partial charge in [0.25, 0.3) is 5.91 Å². The van der Waals surface area contributed by atoms with E-state index in [1.165, 1.54) is 0 Å². The smallest absolute Gasteiger partial charge is 0.272 e. The number of pyridine rings is 2. The normalized spacial score (nSPS) is 16.6. The van der Waals surface area contributed by atoms with Crippen LogP contribution in [0, 0.1) is 0 Å². The molecule has 0 saturated carbocycles. The van der Waals surface area contributed by atoms with Crippen molar-refractivity contribution in [3.63, 3.8) is 0 Å². The summed E-state index contributed by atoms with van der Waals surface area (Å²) in [4.78, 5) is 22.4. The number of ether oxygens (including phenoxy) is 1. The number of aromatic nitrogens is 2. The summed E-state index contributed by atoms with van der Waals surface area (Å²) in [5, 5.41) is 3.31. The summed E-state index contributed by atoms with van der Waals surface area (Å²) in [5.41, 5.74) is 2.53. The van der Waals surface area contributed by atoms with Crippen LogP contribution in [0.1, 0.15) is 28.9 Å². The van der Waals surface area contributed by atoms with Crippen LogP contribution < -0.4 is 5.32 Å². The number of likely N-dealkylation sites (N-methyl/N-ethyl adjacent to an activating group) is 1. The SMILES string of the molecule is CN(CCc1ccncc1)C(=O)c1ccc(NCC2CCCO2)cn1. The average molecular weight is 340 g/mol. The molecule has 1 amide bonds. The van der Waals surface area contributed by atoms with E-state index in [1.54, 1.807) is 36.6 Å². The number of nitrogens with zero attached hydrogens (tertiary/aromatic N) is 3. The molecular formula is C19H24N4O2. The van der Waals surface area contributed by atoms with E-state index in [9.17, 15) is 4.79 Å². The maximum absolute atomic E-state index is 12.5. The van der Waals surface area contributed by atoms with Crippen molar-refractivity contribution in [1.82, 2.24) is 14.9 Å². The Hall–Kier alpha value is -2.47. The van der Waals surface area contributed by atoms with Gasteiger partial charge >= 0.3 is 0 Å². The molecule has 1 fully saturated rings. The third kappa shape index (κ3) is 5.00. The van der Waals surface area contributed by atoms with Crippen molar-refractivity contribution in [3.8, 4) is 0 Å². The van der Waals surface area contributed by atoms with Gasteiger partial charge in [-0.15, -0.1) is 0 Å². The van der Waals surface area contributed by atoms with Crippen molar-refractivity contribution in [2.75, 3.05) is 32.1 Å². The van der Waals surface area contributed by atoms with Crippen molar-refractivity contribution in [3.05, 3.63) is 54.1 Å². The zero-order chi connectivity index (χ0) is 17.5. The molecule has 6 heteroatoms. The molecule has 1 aliphatic rings. The first-order chi connectivity index (χ1) is 12.2. The highest BCUT2D eigenvalue weighted by atomic mass is 16.5. The van der Waals surface area contributed by atoms with Crippen molar-refractivity contribution >= 4 is 11.6 Å². The van der Waals surface area contributed by atoms with Gasteiger partial charge in [-0.2, -0.15) is 0 Å². The van der Waals surface area contributed by atoms with E-state index in [0.717, 1.165) is 43.7 Å². The van der Waals surface area contributed by atoms with Crippen LogP contribution in [0.5, 0.6) is 0 Å². The molecule has 0 aliphatic carbocycles. The van der Waals surface area contributed by atoms with Crippen LogP contribution in [0.4, 0.5) is 5.69 Å². The van der Waals surface area contributed by atoms with Crippen LogP contribution >= 0.6 is 0 Å².